The van der Waals surface area contributed by atoms with E-state index >= 15 is 0 Å². The van der Waals surface area contributed by atoms with Crippen LogP contribution in [0.1, 0.15) is 118 Å². The van der Waals surface area contributed by atoms with Crippen molar-refractivity contribution in [1.82, 2.24) is 0 Å². The first kappa shape index (κ1) is 40.2. The number of nitrogens with zero attached hydrogens (tertiary/aromatic N) is 4. The van der Waals surface area contributed by atoms with Crippen LogP contribution in [-0.2, 0) is 0 Å². The molecule has 0 bridgehead atoms. The molecular weight excluding hydrogens is 604 g/mol. The number of hydrogen-bond acceptors (Lipinski definition) is 4. The van der Waals surface area contributed by atoms with Crippen molar-refractivity contribution in [1.29, 1.82) is 5.26 Å². The van der Waals surface area contributed by atoms with Crippen molar-refractivity contribution >= 4 is 49.0 Å². The van der Waals surface area contributed by atoms with E-state index in [1.165, 1.54) is 44.4 Å². The standard InChI is InChI=1S/C10H10FN.C9H11NS.2C8H9NS.CH4/c1-7(2)9-3-8(6-12)4-10(11)5-9;1-6(2)9-7(3)5-8(10-4)11-9;1-6(2)7-4-8(9-3)10-5-7;1-6(2)7-4-5-8(9-3)10-7;/h3-5,7H,1-2H3;5-6H,1-3H3;2*4-6H,1-2H3;1H4. The van der Waals surface area contributed by atoms with Crippen molar-refractivity contribution in [2.45, 2.75) is 93.4 Å². The molecule has 3 heterocycles. The third-order valence-electron chi connectivity index (χ3n) is 5.97. The van der Waals surface area contributed by atoms with Gasteiger partial charge in [-0.2, -0.15) is 39.3 Å². The van der Waals surface area contributed by atoms with Crippen LogP contribution in [0.3, 0.4) is 0 Å². The first-order valence-electron chi connectivity index (χ1n) is 13.9. The van der Waals surface area contributed by atoms with Gasteiger partial charge in [-0.3, -0.25) is 0 Å². The molecule has 0 aliphatic heterocycles. The number of halogens is 1. The fraction of sp³-hybridized carbons (Fsp3) is 0.389. The van der Waals surface area contributed by atoms with Gasteiger partial charge < -0.3 is 0 Å². The molecule has 0 saturated carbocycles. The molecule has 44 heavy (non-hydrogen) atoms. The van der Waals surface area contributed by atoms with Gasteiger partial charge in [0.15, 0.2) is 0 Å². The van der Waals surface area contributed by atoms with Crippen LogP contribution in [0, 0.1) is 43.8 Å². The number of thiophene rings is 3. The fourth-order valence-corrected chi connectivity index (χ4v) is 6.14. The van der Waals surface area contributed by atoms with Gasteiger partial charge in [0.25, 0.3) is 0 Å². The lowest BCUT2D eigenvalue weighted by atomic mass is 10.0. The molecule has 0 atom stereocenters. The van der Waals surface area contributed by atoms with Gasteiger partial charge in [-0.25, -0.2) is 18.9 Å². The van der Waals surface area contributed by atoms with Gasteiger partial charge in [0.05, 0.1) is 31.3 Å². The molecule has 0 spiro atoms. The highest BCUT2D eigenvalue weighted by Crippen LogP contribution is 2.34. The van der Waals surface area contributed by atoms with E-state index in [1.54, 1.807) is 28.7 Å². The van der Waals surface area contributed by atoms with E-state index in [1.807, 2.05) is 44.2 Å². The number of benzene rings is 1. The molecule has 0 aliphatic rings. The van der Waals surface area contributed by atoms with Gasteiger partial charge in [0, 0.05) is 0 Å². The Morgan fingerprint density at radius 1 is 0.705 bits per heavy atom. The highest BCUT2D eigenvalue weighted by atomic mass is 32.1. The van der Waals surface area contributed by atoms with Crippen molar-refractivity contribution in [2.24, 2.45) is 0 Å². The van der Waals surface area contributed by atoms with Crippen LogP contribution >= 0.6 is 34.0 Å². The van der Waals surface area contributed by atoms with Crippen LogP contribution in [0.4, 0.5) is 19.4 Å². The summed E-state index contributed by atoms with van der Waals surface area (Å²) in [7, 11) is 0. The molecule has 0 aliphatic carbocycles. The average molecular weight is 647 g/mol. The van der Waals surface area contributed by atoms with E-state index in [9.17, 15) is 4.39 Å². The van der Waals surface area contributed by atoms with E-state index in [0.717, 1.165) is 20.6 Å². The molecule has 0 radical (unpaired) electrons. The molecule has 4 rings (SSSR count). The van der Waals surface area contributed by atoms with Crippen molar-refractivity contribution < 1.29 is 4.39 Å². The molecule has 0 N–H and O–H groups in total. The largest absolute Gasteiger partial charge is 0.241 e. The molecule has 3 aromatic heterocycles. The van der Waals surface area contributed by atoms with Crippen LogP contribution in [0.25, 0.3) is 14.5 Å². The molecule has 4 nitrogen and oxygen atoms in total. The fourth-order valence-electron chi connectivity index (χ4n) is 3.53. The molecule has 8 heteroatoms. The van der Waals surface area contributed by atoms with Crippen molar-refractivity contribution in [2.75, 3.05) is 0 Å². The zero-order valence-corrected chi connectivity index (χ0v) is 28.8. The lowest BCUT2D eigenvalue weighted by Crippen LogP contribution is -1.90. The summed E-state index contributed by atoms with van der Waals surface area (Å²) < 4.78 is 12.8. The second kappa shape index (κ2) is 20.2. The maximum Gasteiger partial charge on any atom is 0.241 e. The molecule has 232 valence electrons. The maximum atomic E-state index is 12.8. The zero-order chi connectivity index (χ0) is 32.7. The van der Waals surface area contributed by atoms with E-state index < -0.39 is 0 Å². The second-order valence-corrected chi connectivity index (χ2v) is 13.9. The Bertz CT molecular complexity index is 1550. The lowest BCUT2D eigenvalue weighted by Gasteiger charge is -2.04. The minimum atomic E-state index is -0.335. The predicted molar refractivity (Wildman–Crippen MR) is 191 cm³/mol. The smallest absolute Gasteiger partial charge is 0.227 e. The van der Waals surface area contributed by atoms with Crippen LogP contribution in [-0.4, -0.2) is 0 Å². The third-order valence-corrected chi connectivity index (χ3v) is 9.52. The number of aryl methyl sites for hydroxylation is 1. The summed E-state index contributed by atoms with van der Waals surface area (Å²) in [5, 5.41) is 13.0. The third kappa shape index (κ3) is 13.7. The Kier molecular flexibility index (Phi) is 18.5. The predicted octanol–water partition coefficient (Wildman–Crippen LogP) is 14.0. The van der Waals surface area contributed by atoms with Crippen molar-refractivity contribution in [3.05, 3.63) is 120 Å². The van der Waals surface area contributed by atoms with Crippen LogP contribution in [0.15, 0.2) is 47.8 Å². The summed E-state index contributed by atoms with van der Waals surface area (Å²) in [5.74, 6) is 1.58. The highest BCUT2D eigenvalue weighted by molar-refractivity contribution is 7.16. The van der Waals surface area contributed by atoms with E-state index in [-0.39, 0.29) is 19.2 Å². The minimum absolute atomic E-state index is 0. The molecule has 0 unspecified atom stereocenters. The van der Waals surface area contributed by atoms with Gasteiger partial charge in [-0.05, 0) is 98.8 Å². The monoisotopic (exact) mass is 646 g/mol. The Morgan fingerprint density at radius 2 is 1.30 bits per heavy atom. The average Bonchev–Trinajstić information content (AvgIpc) is 3.73. The molecule has 4 aromatic rings. The summed E-state index contributed by atoms with van der Waals surface area (Å²) in [6.07, 6.45) is 0. The molecule has 0 saturated heterocycles. The minimum Gasteiger partial charge on any atom is -0.227 e. The number of hydrogen-bond donors (Lipinski definition) is 0. The first-order chi connectivity index (χ1) is 20.3. The normalized spacial score (nSPS) is 9.68. The topological polar surface area (TPSA) is 36.9 Å². The van der Waals surface area contributed by atoms with Gasteiger partial charge >= 0.3 is 0 Å². The van der Waals surface area contributed by atoms with Crippen molar-refractivity contribution in [3.63, 3.8) is 0 Å². The number of rotatable bonds is 4. The van der Waals surface area contributed by atoms with E-state index in [0.29, 0.717) is 23.3 Å². The van der Waals surface area contributed by atoms with Gasteiger partial charge in [0.2, 0.25) is 15.0 Å². The molecule has 1 aromatic carbocycles. The van der Waals surface area contributed by atoms with Crippen LogP contribution < -0.4 is 0 Å². The highest BCUT2D eigenvalue weighted by Gasteiger charge is 2.07. The number of nitriles is 1. The SMILES string of the molecule is C.CC(C)c1cc(F)cc(C#N)c1.[C-]#[N+]c1cc(C(C)C)cs1.[C-]#[N+]c1cc(C)c(C(C)C)s1.[C-]#[N+]c1ccc(C(C)C)s1. The molecule has 0 fully saturated rings. The van der Waals surface area contributed by atoms with Crippen LogP contribution in [0.2, 0.25) is 0 Å². The summed E-state index contributed by atoms with van der Waals surface area (Å²) in [5.41, 5.74) is 3.79. The quantitative estimate of drug-likeness (QED) is 0.203. The lowest BCUT2D eigenvalue weighted by molar-refractivity contribution is 0.622. The van der Waals surface area contributed by atoms with Gasteiger partial charge in [-0.15, -0.1) is 0 Å². The summed E-state index contributed by atoms with van der Waals surface area (Å²) >= 11 is 4.72. The molecule has 0 amide bonds. The van der Waals surface area contributed by atoms with E-state index in [2.05, 4.69) is 68.4 Å². The Labute approximate surface area is 276 Å². The summed E-state index contributed by atoms with van der Waals surface area (Å²) in [4.78, 5) is 12.7. The van der Waals surface area contributed by atoms with Gasteiger partial charge in [0.1, 0.15) is 5.82 Å². The zero-order valence-electron chi connectivity index (χ0n) is 26.3. The van der Waals surface area contributed by atoms with E-state index in [4.69, 9.17) is 25.0 Å². The Balaban J connectivity index is 0.000000558. The molecular formula is C36H43FN4S3. The Hall–Kier alpha value is -3.79. The van der Waals surface area contributed by atoms with Crippen molar-refractivity contribution in [3.8, 4) is 6.07 Å². The summed E-state index contributed by atoms with van der Waals surface area (Å²) in [6.45, 7) is 39.2. The first-order valence-corrected chi connectivity index (χ1v) is 16.4. The summed E-state index contributed by atoms with van der Waals surface area (Å²) in [6, 6.07) is 14.2. The van der Waals surface area contributed by atoms with Crippen LogP contribution in [0.5, 0.6) is 0 Å². The Morgan fingerprint density at radius 3 is 1.64 bits per heavy atom. The maximum absolute atomic E-state index is 12.8. The van der Waals surface area contributed by atoms with Gasteiger partial charge in [-0.1, -0.05) is 68.9 Å². The second-order valence-electron chi connectivity index (χ2n) is 10.9.